The molecule has 4 heterocycles. The van der Waals surface area contributed by atoms with E-state index < -0.39 is 0 Å². The van der Waals surface area contributed by atoms with E-state index >= 15 is 0 Å². The third kappa shape index (κ3) is 3.40. The van der Waals surface area contributed by atoms with Crippen molar-refractivity contribution in [3.63, 3.8) is 0 Å². The Morgan fingerprint density at radius 3 is 2.53 bits per heavy atom. The highest BCUT2D eigenvalue weighted by Crippen LogP contribution is 2.32. The number of hydrogen-bond acceptors (Lipinski definition) is 5. The molecule has 0 bridgehead atoms. The molecule has 2 aliphatic heterocycles. The van der Waals surface area contributed by atoms with Crippen LogP contribution in [-0.4, -0.2) is 47.0 Å². The van der Waals surface area contributed by atoms with Crippen LogP contribution in [0.2, 0.25) is 0 Å². The van der Waals surface area contributed by atoms with Gasteiger partial charge in [-0.05, 0) is 49.9 Å². The molecule has 6 heteroatoms. The zero-order valence-corrected chi connectivity index (χ0v) is 18.0. The molecule has 32 heavy (non-hydrogen) atoms. The number of rotatable bonds is 3. The summed E-state index contributed by atoms with van der Waals surface area (Å²) in [7, 11) is 0. The number of para-hydroxylation sites is 3. The molecule has 162 valence electrons. The maximum Gasteiger partial charge on any atom is 0.257 e. The Hall–Kier alpha value is -3.41. The first-order valence-electron chi connectivity index (χ1n) is 11.6. The highest BCUT2D eigenvalue weighted by Gasteiger charge is 2.31. The fraction of sp³-hybridized carbons (Fsp3) is 0.346. The normalized spacial score (nSPS) is 19.2. The van der Waals surface area contributed by atoms with Gasteiger partial charge in [-0.1, -0.05) is 30.3 Å². The monoisotopic (exact) mass is 426 g/mol. The number of fused-ring (bicyclic) bond motifs is 2. The molecule has 1 atom stereocenters. The molecule has 2 aromatic heterocycles. The van der Waals surface area contributed by atoms with Crippen LogP contribution in [-0.2, 0) is 0 Å². The van der Waals surface area contributed by atoms with E-state index in [4.69, 9.17) is 14.4 Å². The molecule has 6 rings (SSSR count). The van der Waals surface area contributed by atoms with E-state index in [1.165, 1.54) is 0 Å². The summed E-state index contributed by atoms with van der Waals surface area (Å²) in [5.74, 6) is 1.74. The zero-order chi connectivity index (χ0) is 21.5. The predicted octanol–water partition coefficient (Wildman–Crippen LogP) is 5.00. The Kier molecular flexibility index (Phi) is 4.78. The standard InChI is InChI=1S/C26H26N4O2/c31-26(20-16-18-8-1-2-10-21(18)27-24(20)29-13-5-6-14-29)30-15-7-9-19(17-30)25-28-22-11-3-4-12-23(22)32-25/h1-4,8,10-12,16,19H,5-7,9,13-15,17H2. The van der Waals surface area contributed by atoms with E-state index in [9.17, 15) is 4.79 Å². The largest absolute Gasteiger partial charge is 0.440 e. The van der Waals surface area contributed by atoms with Crippen molar-refractivity contribution in [3.05, 3.63) is 66.1 Å². The summed E-state index contributed by atoms with van der Waals surface area (Å²) in [5.41, 5.74) is 3.33. The SMILES string of the molecule is O=C(c1cc2ccccc2nc1N1CCCC1)N1CCCC(c2nc3ccccc3o2)C1. The Morgan fingerprint density at radius 1 is 0.906 bits per heavy atom. The van der Waals surface area contributed by atoms with Crippen LogP contribution in [0.25, 0.3) is 22.0 Å². The molecule has 2 aliphatic rings. The van der Waals surface area contributed by atoms with Gasteiger partial charge in [0.15, 0.2) is 11.5 Å². The lowest BCUT2D eigenvalue weighted by atomic mass is 9.97. The van der Waals surface area contributed by atoms with E-state index in [-0.39, 0.29) is 11.8 Å². The Balaban J connectivity index is 1.33. The molecule has 1 unspecified atom stereocenters. The maximum atomic E-state index is 13.8. The molecule has 0 radical (unpaired) electrons. The third-order valence-corrected chi connectivity index (χ3v) is 6.71. The second kappa shape index (κ2) is 7.93. The van der Waals surface area contributed by atoms with Crippen LogP contribution in [0.5, 0.6) is 0 Å². The molecule has 6 nitrogen and oxygen atoms in total. The van der Waals surface area contributed by atoms with E-state index in [2.05, 4.69) is 4.90 Å². The van der Waals surface area contributed by atoms with Crippen LogP contribution >= 0.6 is 0 Å². The predicted molar refractivity (Wildman–Crippen MR) is 125 cm³/mol. The fourth-order valence-electron chi connectivity index (χ4n) is 5.03. The number of anilines is 1. The summed E-state index contributed by atoms with van der Waals surface area (Å²) in [6.07, 6.45) is 4.21. The lowest BCUT2D eigenvalue weighted by molar-refractivity contribution is 0.0699. The van der Waals surface area contributed by atoms with Gasteiger partial charge in [-0.15, -0.1) is 0 Å². The summed E-state index contributed by atoms with van der Waals surface area (Å²) < 4.78 is 6.03. The summed E-state index contributed by atoms with van der Waals surface area (Å²) >= 11 is 0. The number of carbonyl (C=O) groups is 1. The number of likely N-dealkylation sites (tertiary alicyclic amines) is 1. The zero-order valence-electron chi connectivity index (χ0n) is 18.0. The fourth-order valence-corrected chi connectivity index (χ4v) is 5.03. The van der Waals surface area contributed by atoms with Gasteiger partial charge < -0.3 is 14.2 Å². The number of amides is 1. The van der Waals surface area contributed by atoms with Crippen molar-refractivity contribution in [2.24, 2.45) is 0 Å². The average Bonchev–Trinajstić information content (AvgIpc) is 3.53. The number of hydrogen-bond donors (Lipinski definition) is 0. The Bertz CT molecular complexity index is 1260. The number of benzene rings is 2. The summed E-state index contributed by atoms with van der Waals surface area (Å²) in [6.45, 7) is 3.29. The summed E-state index contributed by atoms with van der Waals surface area (Å²) in [5, 5.41) is 1.01. The molecule has 1 amide bonds. The first kappa shape index (κ1) is 19.3. The molecule has 0 aliphatic carbocycles. The van der Waals surface area contributed by atoms with Crippen molar-refractivity contribution in [2.75, 3.05) is 31.1 Å². The van der Waals surface area contributed by atoms with Gasteiger partial charge in [0, 0.05) is 31.6 Å². The van der Waals surface area contributed by atoms with E-state index in [0.29, 0.717) is 12.1 Å². The van der Waals surface area contributed by atoms with E-state index in [0.717, 1.165) is 79.0 Å². The number of aromatic nitrogens is 2. The number of nitrogens with zero attached hydrogens (tertiary/aromatic N) is 4. The lowest BCUT2D eigenvalue weighted by Gasteiger charge is -2.32. The minimum absolute atomic E-state index is 0.0611. The van der Waals surface area contributed by atoms with Gasteiger partial charge in [0.1, 0.15) is 11.3 Å². The van der Waals surface area contributed by atoms with Crippen LogP contribution in [0.1, 0.15) is 47.8 Å². The molecule has 4 aromatic rings. The summed E-state index contributed by atoms with van der Waals surface area (Å²) in [4.78, 5) is 27.6. The van der Waals surface area contributed by atoms with E-state index in [1.54, 1.807) is 0 Å². The van der Waals surface area contributed by atoms with Crippen molar-refractivity contribution in [1.29, 1.82) is 0 Å². The molecule has 2 aromatic carbocycles. The van der Waals surface area contributed by atoms with Crippen LogP contribution in [0, 0.1) is 0 Å². The quantitative estimate of drug-likeness (QED) is 0.462. The number of piperidine rings is 1. The Morgan fingerprint density at radius 2 is 1.69 bits per heavy atom. The first-order chi connectivity index (χ1) is 15.8. The van der Waals surface area contributed by atoms with Crippen LogP contribution in [0.15, 0.2) is 59.0 Å². The number of oxazole rings is 1. The van der Waals surface area contributed by atoms with Gasteiger partial charge in [0.2, 0.25) is 0 Å². The van der Waals surface area contributed by atoms with E-state index in [1.807, 2.05) is 59.5 Å². The second-order valence-corrected chi connectivity index (χ2v) is 8.86. The number of pyridine rings is 1. The second-order valence-electron chi connectivity index (χ2n) is 8.86. The molecule has 0 saturated carbocycles. The smallest absolute Gasteiger partial charge is 0.257 e. The molecule has 2 saturated heterocycles. The van der Waals surface area contributed by atoms with Gasteiger partial charge in [0.25, 0.3) is 5.91 Å². The minimum atomic E-state index is 0.0611. The number of carbonyl (C=O) groups excluding carboxylic acids is 1. The molecule has 0 N–H and O–H groups in total. The van der Waals surface area contributed by atoms with Crippen LogP contribution in [0.3, 0.4) is 0 Å². The average molecular weight is 427 g/mol. The molecule has 0 spiro atoms. The van der Waals surface area contributed by atoms with Crippen molar-refractivity contribution >= 4 is 33.7 Å². The van der Waals surface area contributed by atoms with Crippen molar-refractivity contribution in [3.8, 4) is 0 Å². The van der Waals surface area contributed by atoms with Gasteiger partial charge >= 0.3 is 0 Å². The van der Waals surface area contributed by atoms with Crippen molar-refractivity contribution in [2.45, 2.75) is 31.6 Å². The van der Waals surface area contributed by atoms with Gasteiger partial charge in [-0.2, -0.15) is 0 Å². The molecule has 2 fully saturated rings. The van der Waals surface area contributed by atoms with Crippen LogP contribution in [0.4, 0.5) is 5.82 Å². The lowest BCUT2D eigenvalue weighted by Crippen LogP contribution is -2.40. The topological polar surface area (TPSA) is 62.5 Å². The highest BCUT2D eigenvalue weighted by molar-refractivity contribution is 6.02. The highest BCUT2D eigenvalue weighted by atomic mass is 16.3. The minimum Gasteiger partial charge on any atom is -0.440 e. The van der Waals surface area contributed by atoms with Crippen LogP contribution < -0.4 is 4.90 Å². The van der Waals surface area contributed by atoms with Gasteiger partial charge in [-0.3, -0.25) is 4.79 Å². The molecular weight excluding hydrogens is 400 g/mol. The maximum absolute atomic E-state index is 13.8. The van der Waals surface area contributed by atoms with Gasteiger partial charge in [0.05, 0.1) is 17.0 Å². The first-order valence-corrected chi connectivity index (χ1v) is 11.6. The van der Waals surface area contributed by atoms with Crippen molar-refractivity contribution < 1.29 is 9.21 Å². The van der Waals surface area contributed by atoms with Crippen molar-refractivity contribution in [1.82, 2.24) is 14.9 Å². The van der Waals surface area contributed by atoms with Gasteiger partial charge in [-0.25, -0.2) is 9.97 Å². The molecular formula is C26H26N4O2. The third-order valence-electron chi connectivity index (χ3n) is 6.71. The Labute approximate surface area is 186 Å². The summed E-state index contributed by atoms with van der Waals surface area (Å²) in [6, 6.07) is 17.9.